The average Bonchev–Trinajstić information content (AvgIpc) is 2.68. The lowest BCUT2D eigenvalue weighted by atomic mass is 10.1. The van der Waals surface area contributed by atoms with Crippen molar-refractivity contribution in [3.8, 4) is 0 Å². The zero-order chi connectivity index (χ0) is 12.9. The number of fused-ring (bicyclic) bond motifs is 1. The van der Waals surface area contributed by atoms with Gasteiger partial charge in [0.05, 0.1) is 17.5 Å². The fourth-order valence-electron chi connectivity index (χ4n) is 2.59. The van der Waals surface area contributed by atoms with Gasteiger partial charge in [-0.2, -0.15) is 0 Å². The monoisotopic (exact) mass is 282 g/mol. The maximum absolute atomic E-state index is 11.7. The predicted molar refractivity (Wildman–Crippen MR) is 75.2 cm³/mol. The van der Waals surface area contributed by atoms with E-state index >= 15 is 0 Å². The molecule has 0 amide bonds. The molecular formula is C12H14N2O2S2. The normalized spacial score (nSPS) is 29.6. The Balaban J connectivity index is 1.99. The highest BCUT2D eigenvalue weighted by Gasteiger charge is 2.48. The molecule has 1 aromatic carbocycles. The summed E-state index contributed by atoms with van der Waals surface area (Å²) in [6, 6.07) is 7.81. The van der Waals surface area contributed by atoms with Gasteiger partial charge in [0.25, 0.3) is 0 Å². The first-order valence-electron chi connectivity index (χ1n) is 5.78. The van der Waals surface area contributed by atoms with Crippen LogP contribution in [-0.2, 0) is 9.84 Å². The van der Waals surface area contributed by atoms with Crippen molar-refractivity contribution in [1.82, 2.24) is 0 Å². The van der Waals surface area contributed by atoms with E-state index in [9.17, 15) is 8.42 Å². The van der Waals surface area contributed by atoms with Crippen LogP contribution in [0.15, 0.2) is 24.3 Å². The highest BCUT2D eigenvalue weighted by Crippen LogP contribution is 2.40. The van der Waals surface area contributed by atoms with Gasteiger partial charge < -0.3 is 4.90 Å². The van der Waals surface area contributed by atoms with Gasteiger partial charge in [0.2, 0.25) is 0 Å². The minimum absolute atomic E-state index is 0.0167. The number of benzene rings is 1. The lowest BCUT2D eigenvalue weighted by Crippen LogP contribution is -2.37. The summed E-state index contributed by atoms with van der Waals surface area (Å²) in [6.45, 7) is 2.00. The van der Waals surface area contributed by atoms with E-state index in [1.807, 2.05) is 36.1 Å². The standard InChI is InChI=1S/C12H14N2O2S2/c1-8-3-2-4-9(5-8)14-10-6-18(15,16)7-11(10)17-12(14)13/h2-5,10-11,13H,6-7H2,1H3/t10-,11-/m1/s1. The molecule has 96 valence electrons. The van der Waals surface area contributed by atoms with Crippen LogP contribution in [0.3, 0.4) is 0 Å². The number of nitrogens with one attached hydrogen (secondary N) is 1. The Kier molecular flexibility index (Phi) is 2.67. The Morgan fingerprint density at radius 2 is 2.17 bits per heavy atom. The average molecular weight is 282 g/mol. The molecular weight excluding hydrogens is 268 g/mol. The summed E-state index contributed by atoms with van der Waals surface area (Å²) in [5.74, 6) is 0.369. The van der Waals surface area contributed by atoms with Crippen LogP contribution in [0.25, 0.3) is 0 Å². The lowest BCUT2D eigenvalue weighted by Gasteiger charge is -2.24. The third-order valence-electron chi connectivity index (χ3n) is 3.37. The highest BCUT2D eigenvalue weighted by molar-refractivity contribution is 8.15. The molecule has 4 nitrogen and oxygen atoms in total. The fourth-order valence-corrected chi connectivity index (χ4v) is 6.38. The van der Waals surface area contributed by atoms with Gasteiger partial charge in [0.1, 0.15) is 0 Å². The van der Waals surface area contributed by atoms with E-state index in [1.165, 1.54) is 11.8 Å². The third kappa shape index (κ3) is 1.93. The molecule has 0 unspecified atom stereocenters. The number of hydrogen-bond acceptors (Lipinski definition) is 4. The molecule has 0 aliphatic carbocycles. The summed E-state index contributed by atoms with van der Waals surface area (Å²) in [5.41, 5.74) is 2.05. The van der Waals surface area contributed by atoms with Gasteiger partial charge in [0, 0.05) is 10.9 Å². The number of aryl methyl sites for hydroxylation is 1. The summed E-state index contributed by atoms with van der Waals surface area (Å²) in [5, 5.41) is 8.52. The van der Waals surface area contributed by atoms with Crippen molar-refractivity contribution in [2.24, 2.45) is 0 Å². The Hall–Kier alpha value is -1.01. The summed E-state index contributed by atoms with van der Waals surface area (Å²) in [7, 11) is -2.94. The molecule has 0 aromatic heterocycles. The molecule has 1 N–H and O–H groups in total. The number of rotatable bonds is 1. The molecule has 6 heteroatoms. The van der Waals surface area contributed by atoms with E-state index in [0.29, 0.717) is 5.17 Å². The smallest absolute Gasteiger partial charge is 0.161 e. The molecule has 2 saturated heterocycles. The fraction of sp³-hybridized carbons (Fsp3) is 0.417. The lowest BCUT2D eigenvalue weighted by molar-refractivity contribution is 0.601. The summed E-state index contributed by atoms with van der Waals surface area (Å²) < 4.78 is 23.4. The van der Waals surface area contributed by atoms with Crippen LogP contribution in [-0.4, -0.2) is 36.4 Å². The molecule has 2 heterocycles. The second-order valence-electron chi connectivity index (χ2n) is 4.81. The molecule has 0 spiro atoms. The first kappa shape index (κ1) is 12.0. The molecule has 2 fully saturated rings. The molecule has 0 saturated carbocycles. The Bertz CT molecular complexity index is 612. The predicted octanol–water partition coefficient (Wildman–Crippen LogP) is 1.65. The quantitative estimate of drug-likeness (QED) is 0.851. The van der Waals surface area contributed by atoms with Crippen molar-refractivity contribution in [3.63, 3.8) is 0 Å². The van der Waals surface area contributed by atoms with E-state index in [4.69, 9.17) is 5.41 Å². The Morgan fingerprint density at radius 3 is 2.89 bits per heavy atom. The number of hydrogen-bond donors (Lipinski definition) is 1. The number of nitrogens with zero attached hydrogens (tertiary/aromatic N) is 1. The molecule has 0 bridgehead atoms. The van der Waals surface area contributed by atoms with Crippen molar-refractivity contribution in [2.75, 3.05) is 16.4 Å². The number of anilines is 1. The maximum atomic E-state index is 11.7. The van der Waals surface area contributed by atoms with Crippen molar-refractivity contribution < 1.29 is 8.42 Å². The topological polar surface area (TPSA) is 61.2 Å². The van der Waals surface area contributed by atoms with E-state index in [0.717, 1.165) is 11.3 Å². The molecule has 2 aliphatic rings. The van der Waals surface area contributed by atoms with Gasteiger partial charge in [0.15, 0.2) is 15.0 Å². The van der Waals surface area contributed by atoms with E-state index in [2.05, 4.69) is 0 Å². The van der Waals surface area contributed by atoms with Gasteiger partial charge in [-0.25, -0.2) is 8.42 Å². The molecule has 2 aliphatic heterocycles. The third-order valence-corrected chi connectivity index (χ3v) is 6.50. The highest BCUT2D eigenvalue weighted by atomic mass is 32.2. The van der Waals surface area contributed by atoms with Gasteiger partial charge in [-0.05, 0) is 24.6 Å². The Labute approximate surface area is 111 Å². The van der Waals surface area contributed by atoms with Gasteiger partial charge in [-0.1, -0.05) is 23.9 Å². The Morgan fingerprint density at radius 1 is 1.39 bits per heavy atom. The largest absolute Gasteiger partial charge is 0.316 e. The van der Waals surface area contributed by atoms with E-state index in [-0.39, 0.29) is 22.8 Å². The van der Waals surface area contributed by atoms with Crippen molar-refractivity contribution in [2.45, 2.75) is 18.2 Å². The van der Waals surface area contributed by atoms with Crippen LogP contribution in [0.1, 0.15) is 5.56 Å². The first-order chi connectivity index (χ1) is 8.46. The molecule has 18 heavy (non-hydrogen) atoms. The second kappa shape index (κ2) is 3.99. The van der Waals surface area contributed by atoms with Gasteiger partial charge in [-0.3, -0.25) is 5.41 Å². The molecule has 2 atom stereocenters. The van der Waals surface area contributed by atoms with Crippen LogP contribution < -0.4 is 4.90 Å². The number of sulfone groups is 1. The maximum Gasteiger partial charge on any atom is 0.161 e. The molecule has 3 rings (SSSR count). The summed E-state index contributed by atoms with van der Waals surface area (Å²) >= 11 is 1.38. The van der Waals surface area contributed by atoms with Crippen molar-refractivity contribution >= 4 is 32.5 Å². The first-order valence-corrected chi connectivity index (χ1v) is 8.48. The van der Waals surface area contributed by atoms with Gasteiger partial charge in [-0.15, -0.1) is 0 Å². The van der Waals surface area contributed by atoms with Crippen LogP contribution in [0.5, 0.6) is 0 Å². The number of amidine groups is 1. The minimum atomic E-state index is -2.94. The van der Waals surface area contributed by atoms with E-state index in [1.54, 1.807) is 0 Å². The van der Waals surface area contributed by atoms with Crippen LogP contribution in [0.2, 0.25) is 0 Å². The molecule has 1 aromatic rings. The second-order valence-corrected chi connectivity index (χ2v) is 8.20. The van der Waals surface area contributed by atoms with Crippen LogP contribution in [0, 0.1) is 12.3 Å². The molecule has 0 radical (unpaired) electrons. The summed E-state index contributed by atoms with van der Waals surface area (Å²) in [6.07, 6.45) is 0. The van der Waals surface area contributed by atoms with Crippen molar-refractivity contribution in [3.05, 3.63) is 29.8 Å². The van der Waals surface area contributed by atoms with E-state index < -0.39 is 9.84 Å². The summed E-state index contributed by atoms with van der Waals surface area (Å²) in [4.78, 5) is 1.87. The SMILES string of the molecule is Cc1cccc(N2C(=N)S[C@@H]3CS(=O)(=O)C[C@H]32)c1. The zero-order valence-electron chi connectivity index (χ0n) is 9.96. The van der Waals surface area contributed by atoms with Crippen molar-refractivity contribution in [1.29, 1.82) is 5.41 Å². The van der Waals surface area contributed by atoms with Crippen LogP contribution >= 0.6 is 11.8 Å². The number of thioether (sulfide) groups is 1. The minimum Gasteiger partial charge on any atom is -0.316 e. The van der Waals surface area contributed by atoms with Gasteiger partial charge >= 0.3 is 0 Å². The zero-order valence-corrected chi connectivity index (χ0v) is 11.6. The van der Waals surface area contributed by atoms with Crippen LogP contribution in [0.4, 0.5) is 5.69 Å².